The summed E-state index contributed by atoms with van der Waals surface area (Å²) in [4.78, 5) is 13.8. The Hall–Kier alpha value is -1.97. The fourth-order valence-corrected chi connectivity index (χ4v) is 2.09. The van der Waals surface area contributed by atoms with Crippen LogP contribution in [0.4, 0.5) is 5.69 Å². The predicted molar refractivity (Wildman–Crippen MR) is 90.5 cm³/mol. The Kier molecular flexibility index (Phi) is 7.50. The fraction of sp³-hybridized carbons (Fsp3) is 0.500. The summed E-state index contributed by atoms with van der Waals surface area (Å²) < 4.78 is 5.06. The molecule has 0 spiro atoms. The first kappa shape index (κ1) is 18.1. The molecular weight excluding hydrogens is 278 g/mol. The highest BCUT2D eigenvalue weighted by atomic mass is 16.5. The van der Waals surface area contributed by atoms with Gasteiger partial charge in [-0.15, -0.1) is 0 Å². The Balaban J connectivity index is 2.45. The van der Waals surface area contributed by atoms with E-state index in [2.05, 4.69) is 26.0 Å². The summed E-state index contributed by atoms with van der Waals surface area (Å²) >= 11 is 0. The normalized spacial score (nSPS) is 11.1. The highest BCUT2D eigenvalue weighted by molar-refractivity contribution is 5.93. The summed E-state index contributed by atoms with van der Waals surface area (Å²) in [5.74, 6) is 1.10. The van der Waals surface area contributed by atoms with Gasteiger partial charge in [-0.05, 0) is 37.3 Å². The van der Waals surface area contributed by atoms with Gasteiger partial charge in [0.15, 0.2) is 11.5 Å². The first-order chi connectivity index (χ1) is 10.5. The zero-order valence-corrected chi connectivity index (χ0v) is 14.0. The number of anilines is 1. The number of hydrogen-bond acceptors (Lipinski definition) is 3. The zero-order valence-electron chi connectivity index (χ0n) is 14.0. The van der Waals surface area contributed by atoms with Crippen molar-refractivity contribution >= 4 is 11.6 Å². The topological polar surface area (TPSA) is 49.8 Å². The molecule has 0 radical (unpaired) electrons. The van der Waals surface area contributed by atoms with Gasteiger partial charge in [-0.3, -0.25) is 4.79 Å². The molecule has 0 fully saturated rings. The van der Waals surface area contributed by atoms with Gasteiger partial charge < -0.3 is 14.7 Å². The number of ether oxygens (including phenoxy) is 1. The molecule has 1 rings (SSSR count). The molecule has 0 bridgehead atoms. The molecule has 4 heteroatoms. The van der Waals surface area contributed by atoms with Crippen LogP contribution in [-0.2, 0) is 4.79 Å². The van der Waals surface area contributed by atoms with Crippen LogP contribution in [0.1, 0.15) is 39.5 Å². The summed E-state index contributed by atoms with van der Waals surface area (Å²) in [6.07, 6.45) is 7.81. The number of rotatable bonds is 8. The Labute approximate surface area is 133 Å². The lowest BCUT2D eigenvalue weighted by Crippen LogP contribution is -2.25. The van der Waals surface area contributed by atoms with Crippen molar-refractivity contribution in [2.24, 2.45) is 5.92 Å². The minimum absolute atomic E-state index is 0.0700. The van der Waals surface area contributed by atoms with Crippen LogP contribution in [0.2, 0.25) is 0 Å². The van der Waals surface area contributed by atoms with Crippen LogP contribution in [0.3, 0.4) is 0 Å². The molecule has 1 amide bonds. The van der Waals surface area contributed by atoms with Crippen LogP contribution >= 0.6 is 0 Å². The largest absolute Gasteiger partial charge is 0.504 e. The Bertz CT molecular complexity index is 509. The van der Waals surface area contributed by atoms with Crippen molar-refractivity contribution in [2.75, 3.05) is 19.1 Å². The summed E-state index contributed by atoms with van der Waals surface area (Å²) in [7, 11) is 3.23. The van der Waals surface area contributed by atoms with E-state index in [0.717, 1.165) is 24.9 Å². The Morgan fingerprint density at radius 1 is 1.36 bits per heavy atom. The standard InChI is InChI=1S/C18H27NO3/c1-14(2)9-7-5-6-8-10-18(21)19(3)15-11-12-16(20)17(13-15)22-4/h7,9,11-14,20H,5-6,8,10H2,1-4H3. The molecule has 0 aliphatic rings. The maximum absolute atomic E-state index is 12.2. The van der Waals surface area contributed by atoms with Crippen molar-refractivity contribution in [3.8, 4) is 11.5 Å². The molecular formula is C18H27NO3. The predicted octanol–water partition coefficient (Wildman–Crippen LogP) is 4.14. The van der Waals surface area contributed by atoms with Gasteiger partial charge in [0, 0.05) is 25.2 Å². The molecule has 0 aromatic heterocycles. The summed E-state index contributed by atoms with van der Waals surface area (Å²) in [6, 6.07) is 4.91. The third kappa shape index (κ3) is 5.80. The second-order valence-electron chi connectivity index (χ2n) is 5.73. The fourth-order valence-electron chi connectivity index (χ4n) is 2.09. The lowest BCUT2D eigenvalue weighted by molar-refractivity contribution is -0.118. The average Bonchev–Trinajstić information content (AvgIpc) is 2.50. The van der Waals surface area contributed by atoms with Crippen LogP contribution in [-0.4, -0.2) is 25.2 Å². The van der Waals surface area contributed by atoms with Crippen molar-refractivity contribution in [1.82, 2.24) is 0 Å². The van der Waals surface area contributed by atoms with Crippen LogP contribution in [0, 0.1) is 5.92 Å². The van der Waals surface area contributed by atoms with E-state index >= 15 is 0 Å². The van der Waals surface area contributed by atoms with Gasteiger partial charge in [0.2, 0.25) is 5.91 Å². The SMILES string of the molecule is COc1cc(N(C)C(=O)CCCCC=CC(C)C)ccc1O. The smallest absolute Gasteiger partial charge is 0.226 e. The van der Waals surface area contributed by atoms with Crippen molar-refractivity contribution in [3.63, 3.8) is 0 Å². The monoisotopic (exact) mass is 305 g/mol. The van der Waals surface area contributed by atoms with Gasteiger partial charge in [-0.1, -0.05) is 26.0 Å². The minimum Gasteiger partial charge on any atom is -0.504 e. The molecule has 0 unspecified atom stereocenters. The van der Waals surface area contributed by atoms with Crippen LogP contribution in [0.25, 0.3) is 0 Å². The van der Waals surface area contributed by atoms with Crippen molar-refractivity contribution in [1.29, 1.82) is 0 Å². The molecule has 0 aliphatic carbocycles. The van der Waals surface area contributed by atoms with Gasteiger partial charge in [0.05, 0.1) is 7.11 Å². The lowest BCUT2D eigenvalue weighted by atomic mass is 10.1. The van der Waals surface area contributed by atoms with Crippen LogP contribution < -0.4 is 9.64 Å². The molecule has 1 aromatic rings. The van der Waals surface area contributed by atoms with Crippen molar-refractivity contribution in [3.05, 3.63) is 30.4 Å². The highest BCUT2D eigenvalue weighted by Crippen LogP contribution is 2.30. The summed E-state index contributed by atoms with van der Waals surface area (Å²) in [5.41, 5.74) is 0.722. The lowest BCUT2D eigenvalue weighted by Gasteiger charge is -2.18. The molecule has 1 aromatic carbocycles. The molecule has 0 atom stereocenters. The van der Waals surface area contributed by atoms with Crippen LogP contribution in [0.5, 0.6) is 11.5 Å². The average molecular weight is 305 g/mol. The maximum Gasteiger partial charge on any atom is 0.226 e. The van der Waals surface area contributed by atoms with E-state index in [4.69, 9.17) is 4.74 Å². The number of hydrogen-bond donors (Lipinski definition) is 1. The number of nitrogens with zero attached hydrogens (tertiary/aromatic N) is 1. The van der Waals surface area contributed by atoms with Gasteiger partial charge in [-0.2, -0.15) is 0 Å². The first-order valence-electron chi connectivity index (χ1n) is 7.76. The number of amides is 1. The van der Waals surface area contributed by atoms with E-state index in [1.165, 1.54) is 13.2 Å². The van der Waals surface area contributed by atoms with E-state index in [9.17, 15) is 9.90 Å². The molecule has 1 N–H and O–H groups in total. The summed E-state index contributed by atoms with van der Waals surface area (Å²) in [5, 5.41) is 9.58. The molecule has 4 nitrogen and oxygen atoms in total. The van der Waals surface area contributed by atoms with Gasteiger partial charge in [0.25, 0.3) is 0 Å². The Morgan fingerprint density at radius 3 is 2.73 bits per heavy atom. The number of unbranched alkanes of at least 4 members (excludes halogenated alkanes) is 2. The van der Waals surface area contributed by atoms with Crippen LogP contribution in [0.15, 0.2) is 30.4 Å². The minimum atomic E-state index is 0.0700. The number of allylic oxidation sites excluding steroid dienone is 2. The number of phenols is 1. The van der Waals surface area contributed by atoms with E-state index in [-0.39, 0.29) is 11.7 Å². The number of carbonyl (C=O) groups excluding carboxylic acids is 1. The maximum atomic E-state index is 12.2. The molecule has 0 aliphatic heterocycles. The van der Waals surface area contributed by atoms with E-state index in [1.54, 1.807) is 24.1 Å². The van der Waals surface area contributed by atoms with Crippen molar-refractivity contribution < 1.29 is 14.6 Å². The molecule has 122 valence electrons. The number of aromatic hydroxyl groups is 1. The van der Waals surface area contributed by atoms with Crippen molar-refractivity contribution in [2.45, 2.75) is 39.5 Å². The molecule has 0 saturated heterocycles. The quantitative estimate of drug-likeness (QED) is 0.580. The molecule has 22 heavy (non-hydrogen) atoms. The number of benzene rings is 1. The highest BCUT2D eigenvalue weighted by Gasteiger charge is 2.12. The number of phenolic OH excluding ortho intramolecular Hbond substituents is 1. The Morgan fingerprint density at radius 2 is 2.09 bits per heavy atom. The molecule has 0 heterocycles. The number of methoxy groups -OCH3 is 1. The van der Waals surface area contributed by atoms with E-state index in [0.29, 0.717) is 18.1 Å². The van der Waals surface area contributed by atoms with E-state index in [1.807, 2.05) is 0 Å². The van der Waals surface area contributed by atoms with E-state index < -0.39 is 0 Å². The second-order valence-corrected chi connectivity index (χ2v) is 5.73. The third-order valence-corrected chi connectivity index (χ3v) is 3.46. The zero-order chi connectivity index (χ0) is 16.5. The third-order valence-electron chi connectivity index (χ3n) is 3.46. The first-order valence-corrected chi connectivity index (χ1v) is 7.76. The second kappa shape index (κ2) is 9.13. The van der Waals surface area contributed by atoms with Gasteiger partial charge >= 0.3 is 0 Å². The number of carbonyl (C=O) groups is 1. The van der Waals surface area contributed by atoms with Gasteiger partial charge in [-0.25, -0.2) is 0 Å². The summed E-state index contributed by atoms with van der Waals surface area (Å²) in [6.45, 7) is 4.31. The molecule has 0 saturated carbocycles. The van der Waals surface area contributed by atoms with Gasteiger partial charge in [0.1, 0.15) is 0 Å².